The predicted molar refractivity (Wildman–Crippen MR) is 84.1 cm³/mol. The van der Waals surface area contributed by atoms with E-state index in [4.69, 9.17) is 0 Å². The molecule has 1 N–H and O–H groups in total. The number of amides is 3. The molecule has 1 aliphatic heterocycles. The summed E-state index contributed by atoms with van der Waals surface area (Å²) >= 11 is 0. The zero-order chi connectivity index (χ0) is 16.6. The third-order valence-electron chi connectivity index (χ3n) is 3.54. The van der Waals surface area contributed by atoms with Gasteiger partial charge < -0.3 is 5.32 Å². The third kappa shape index (κ3) is 2.83. The van der Waals surface area contributed by atoms with Crippen LogP contribution in [0.1, 0.15) is 32.0 Å². The van der Waals surface area contributed by atoms with Crippen LogP contribution >= 0.6 is 0 Å². The van der Waals surface area contributed by atoms with Gasteiger partial charge in [0, 0.05) is 11.9 Å². The minimum atomic E-state index is -0.541. The molecule has 1 aromatic heterocycles. The number of hydrogen-bond donors (Lipinski definition) is 1. The lowest BCUT2D eigenvalue weighted by Crippen LogP contribution is -2.37. The topological polar surface area (TPSA) is 79.4 Å². The van der Waals surface area contributed by atoms with E-state index in [2.05, 4.69) is 10.3 Å². The smallest absolute Gasteiger partial charge is 0.280 e. The Bertz CT molecular complexity index is 774. The summed E-state index contributed by atoms with van der Waals surface area (Å²) in [7, 11) is 0. The highest BCUT2D eigenvalue weighted by Gasteiger charge is 2.37. The number of anilines is 1. The van der Waals surface area contributed by atoms with Crippen molar-refractivity contribution < 1.29 is 14.4 Å². The number of fused-ring (bicyclic) bond motifs is 1. The van der Waals surface area contributed by atoms with Crippen molar-refractivity contribution in [3.63, 3.8) is 0 Å². The SMILES string of the molecule is Cc1cc(C)cc(NC(=O)CN2C(=O)c3cccnc3C2=O)c1. The van der Waals surface area contributed by atoms with Crippen LogP contribution in [-0.2, 0) is 4.79 Å². The quantitative estimate of drug-likeness (QED) is 0.879. The summed E-state index contributed by atoms with van der Waals surface area (Å²) in [5.41, 5.74) is 3.01. The van der Waals surface area contributed by atoms with Crippen molar-refractivity contribution in [3.05, 3.63) is 58.9 Å². The molecule has 6 nitrogen and oxygen atoms in total. The average molecular weight is 309 g/mol. The van der Waals surface area contributed by atoms with Crippen molar-refractivity contribution in [2.45, 2.75) is 13.8 Å². The number of rotatable bonds is 3. The van der Waals surface area contributed by atoms with E-state index in [0.717, 1.165) is 16.0 Å². The lowest BCUT2D eigenvalue weighted by molar-refractivity contribution is -0.116. The van der Waals surface area contributed by atoms with E-state index >= 15 is 0 Å². The molecular weight excluding hydrogens is 294 g/mol. The van der Waals surface area contributed by atoms with Crippen molar-refractivity contribution in [3.8, 4) is 0 Å². The zero-order valence-electron chi connectivity index (χ0n) is 12.8. The van der Waals surface area contributed by atoms with E-state index in [1.54, 1.807) is 6.07 Å². The van der Waals surface area contributed by atoms with Crippen molar-refractivity contribution in [2.24, 2.45) is 0 Å². The molecule has 2 aromatic rings. The summed E-state index contributed by atoms with van der Waals surface area (Å²) in [6, 6.07) is 8.77. The summed E-state index contributed by atoms with van der Waals surface area (Å²) < 4.78 is 0. The Hall–Kier alpha value is -3.02. The number of imide groups is 1. The summed E-state index contributed by atoms with van der Waals surface area (Å²) in [4.78, 5) is 41.3. The van der Waals surface area contributed by atoms with Crippen molar-refractivity contribution in [1.29, 1.82) is 0 Å². The van der Waals surface area contributed by atoms with Crippen LogP contribution in [0.25, 0.3) is 0 Å². The first-order valence-electron chi connectivity index (χ1n) is 7.15. The van der Waals surface area contributed by atoms with Crippen LogP contribution in [-0.4, -0.2) is 34.2 Å². The molecule has 6 heteroatoms. The van der Waals surface area contributed by atoms with Crippen LogP contribution in [0.2, 0.25) is 0 Å². The second kappa shape index (κ2) is 5.64. The number of hydrogen-bond acceptors (Lipinski definition) is 4. The maximum atomic E-state index is 12.2. The highest BCUT2D eigenvalue weighted by molar-refractivity contribution is 6.21. The molecule has 0 saturated heterocycles. The van der Waals surface area contributed by atoms with Gasteiger partial charge in [-0.15, -0.1) is 0 Å². The van der Waals surface area contributed by atoms with Crippen LogP contribution in [0, 0.1) is 13.8 Å². The number of aromatic nitrogens is 1. The van der Waals surface area contributed by atoms with Gasteiger partial charge in [0.2, 0.25) is 5.91 Å². The van der Waals surface area contributed by atoms with Gasteiger partial charge in [-0.05, 0) is 49.2 Å². The predicted octanol–water partition coefficient (Wildman–Crippen LogP) is 1.93. The Balaban J connectivity index is 1.74. The van der Waals surface area contributed by atoms with Crippen LogP contribution in [0.5, 0.6) is 0 Å². The minimum absolute atomic E-state index is 0.0942. The van der Waals surface area contributed by atoms with Crippen molar-refractivity contribution in [1.82, 2.24) is 9.88 Å². The molecule has 116 valence electrons. The van der Waals surface area contributed by atoms with Gasteiger partial charge in [-0.3, -0.25) is 24.3 Å². The Morgan fingerprint density at radius 3 is 2.48 bits per heavy atom. The van der Waals surface area contributed by atoms with E-state index in [-0.39, 0.29) is 17.8 Å². The summed E-state index contributed by atoms with van der Waals surface area (Å²) in [6.07, 6.45) is 1.45. The Morgan fingerprint density at radius 1 is 1.13 bits per heavy atom. The highest BCUT2D eigenvalue weighted by atomic mass is 16.2. The number of aryl methyl sites for hydroxylation is 2. The summed E-state index contributed by atoms with van der Waals surface area (Å²) in [5.74, 6) is -1.46. The fourth-order valence-corrected chi connectivity index (χ4v) is 2.65. The van der Waals surface area contributed by atoms with E-state index in [9.17, 15) is 14.4 Å². The molecule has 0 aliphatic carbocycles. The van der Waals surface area contributed by atoms with E-state index < -0.39 is 17.7 Å². The van der Waals surface area contributed by atoms with E-state index in [1.165, 1.54) is 12.3 Å². The molecule has 3 amide bonds. The van der Waals surface area contributed by atoms with Crippen molar-refractivity contribution >= 4 is 23.4 Å². The molecule has 0 atom stereocenters. The monoisotopic (exact) mass is 309 g/mol. The fraction of sp³-hybridized carbons (Fsp3) is 0.176. The van der Waals surface area contributed by atoms with Crippen LogP contribution in [0.15, 0.2) is 36.5 Å². The molecule has 2 heterocycles. The number of carbonyl (C=O) groups is 3. The molecule has 0 unspecified atom stereocenters. The lowest BCUT2D eigenvalue weighted by Gasteiger charge is -2.14. The number of nitrogens with one attached hydrogen (secondary N) is 1. The van der Waals surface area contributed by atoms with Gasteiger partial charge in [0.25, 0.3) is 11.8 Å². The highest BCUT2D eigenvalue weighted by Crippen LogP contribution is 2.20. The molecular formula is C17H15N3O3. The molecule has 23 heavy (non-hydrogen) atoms. The number of benzene rings is 1. The second-order valence-electron chi connectivity index (χ2n) is 5.52. The Morgan fingerprint density at radius 2 is 1.83 bits per heavy atom. The van der Waals surface area contributed by atoms with Gasteiger partial charge in [-0.2, -0.15) is 0 Å². The number of carbonyl (C=O) groups excluding carboxylic acids is 3. The first-order valence-corrected chi connectivity index (χ1v) is 7.15. The fourth-order valence-electron chi connectivity index (χ4n) is 2.65. The first kappa shape index (κ1) is 14.9. The standard InChI is InChI=1S/C17H15N3O3/c1-10-6-11(2)8-12(7-10)19-14(21)9-20-16(22)13-4-3-5-18-15(13)17(20)23/h3-8H,9H2,1-2H3,(H,19,21). The molecule has 0 radical (unpaired) electrons. The molecule has 3 rings (SSSR count). The van der Waals surface area contributed by atoms with Gasteiger partial charge in [0.1, 0.15) is 12.2 Å². The average Bonchev–Trinajstić information content (AvgIpc) is 2.72. The largest absolute Gasteiger partial charge is 0.325 e. The maximum absolute atomic E-state index is 12.2. The van der Waals surface area contributed by atoms with Gasteiger partial charge in [-0.1, -0.05) is 6.07 Å². The Labute approximate surface area is 133 Å². The molecule has 0 saturated carbocycles. The summed E-state index contributed by atoms with van der Waals surface area (Å²) in [5, 5.41) is 2.71. The maximum Gasteiger partial charge on any atom is 0.280 e. The molecule has 0 bridgehead atoms. The van der Waals surface area contributed by atoms with E-state index in [0.29, 0.717) is 5.69 Å². The second-order valence-corrected chi connectivity index (χ2v) is 5.52. The molecule has 1 aliphatic rings. The first-order chi connectivity index (χ1) is 11.0. The van der Waals surface area contributed by atoms with Crippen LogP contribution in [0.3, 0.4) is 0 Å². The minimum Gasteiger partial charge on any atom is -0.325 e. The van der Waals surface area contributed by atoms with Crippen LogP contribution < -0.4 is 5.32 Å². The molecule has 1 aromatic carbocycles. The summed E-state index contributed by atoms with van der Waals surface area (Å²) in [6.45, 7) is 3.53. The zero-order valence-corrected chi connectivity index (χ0v) is 12.8. The van der Waals surface area contributed by atoms with Gasteiger partial charge >= 0.3 is 0 Å². The normalized spacial score (nSPS) is 13.2. The third-order valence-corrected chi connectivity index (χ3v) is 3.54. The lowest BCUT2D eigenvalue weighted by atomic mass is 10.1. The number of pyridine rings is 1. The van der Waals surface area contributed by atoms with Gasteiger partial charge in [-0.25, -0.2) is 0 Å². The van der Waals surface area contributed by atoms with Gasteiger partial charge in [0.15, 0.2) is 0 Å². The van der Waals surface area contributed by atoms with Crippen LogP contribution in [0.4, 0.5) is 5.69 Å². The van der Waals surface area contributed by atoms with Crippen molar-refractivity contribution in [2.75, 3.05) is 11.9 Å². The van der Waals surface area contributed by atoms with E-state index in [1.807, 2.05) is 32.0 Å². The van der Waals surface area contributed by atoms with Gasteiger partial charge in [0.05, 0.1) is 5.56 Å². The molecule has 0 spiro atoms. The Kier molecular flexibility index (Phi) is 3.65. The molecule has 0 fully saturated rings. The number of nitrogens with zero attached hydrogens (tertiary/aromatic N) is 2.